The lowest BCUT2D eigenvalue weighted by Crippen LogP contribution is -2.36. The highest BCUT2D eigenvalue weighted by Gasteiger charge is 2.22. The molecule has 0 radical (unpaired) electrons. The zero-order chi connectivity index (χ0) is 28.5. The second kappa shape index (κ2) is 13.8. The molecule has 1 amide bonds. The van der Waals surface area contributed by atoms with E-state index in [0.717, 1.165) is 47.3 Å². The molecular formula is C28H33ClN8O3. The molecule has 0 spiro atoms. The van der Waals surface area contributed by atoms with Crippen LogP contribution in [0.25, 0.3) is 22.5 Å². The van der Waals surface area contributed by atoms with Crippen molar-refractivity contribution in [1.82, 2.24) is 35.5 Å². The quantitative estimate of drug-likeness (QED) is 0.196. The maximum absolute atomic E-state index is 12.7. The Morgan fingerprint density at radius 2 is 1.90 bits per heavy atom. The fourth-order valence-electron chi connectivity index (χ4n) is 4.44. The summed E-state index contributed by atoms with van der Waals surface area (Å²) in [6.07, 6.45) is 3.04. The number of nitrogens with zero attached hydrogens (tertiary/aromatic N) is 5. The van der Waals surface area contributed by atoms with Crippen LogP contribution < -0.4 is 11.1 Å². The molecule has 2 aromatic heterocycles. The molecule has 0 saturated carbocycles. The van der Waals surface area contributed by atoms with Gasteiger partial charge in [0.15, 0.2) is 5.15 Å². The van der Waals surface area contributed by atoms with Crippen molar-refractivity contribution in [2.24, 2.45) is 5.73 Å². The lowest BCUT2D eigenvalue weighted by molar-refractivity contribution is -0.147. The molecule has 2 aromatic carbocycles. The Morgan fingerprint density at radius 3 is 2.55 bits per heavy atom. The van der Waals surface area contributed by atoms with E-state index in [1.807, 2.05) is 28.8 Å². The van der Waals surface area contributed by atoms with Crippen molar-refractivity contribution in [3.05, 3.63) is 70.8 Å². The summed E-state index contributed by atoms with van der Waals surface area (Å²) < 4.78 is 7.62. The number of imidazole rings is 1. The first-order chi connectivity index (χ1) is 19.4. The number of hydrogen-bond acceptors (Lipinski definition) is 8. The predicted octanol–water partition coefficient (Wildman–Crippen LogP) is 3.67. The predicted molar refractivity (Wildman–Crippen MR) is 151 cm³/mol. The lowest BCUT2D eigenvalue weighted by Gasteiger charge is -2.16. The number of aryl methyl sites for hydroxylation is 1. The minimum atomic E-state index is -0.648. The zero-order valence-corrected chi connectivity index (χ0v) is 23.3. The van der Waals surface area contributed by atoms with Crippen molar-refractivity contribution in [3.63, 3.8) is 0 Å². The van der Waals surface area contributed by atoms with Gasteiger partial charge in [-0.3, -0.25) is 9.59 Å². The monoisotopic (exact) mass is 564 g/mol. The fraction of sp³-hybridized carbons (Fsp3) is 0.357. The number of benzene rings is 2. The van der Waals surface area contributed by atoms with Crippen LogP contribution in [0.3, 0.4) is 0 Å². The van der Waals surface area contributed by atoms with Crippen LogP contribution in [0.15, 0.2) is 48.5 Å². The van der Waals surface area contributed by atoms with Crippen LogP contribution in [0.1, 0.15) is 49.7 Å². The molecule has 0 saturated heterocycles. The summed E-state index contributed by atoms with van der Waals surface area (Å²) in [5, 5.41) is 17.6. The van der Waals surface area contributed by atoms with Crippen LogP contribution in [0.4, 0.5) is 0 Å². The molecule has 4 aromatic rings. The number of halogens is 1. The Bertz CT molecular complexity index is 1420. The molecule has 0 aliphatic rings. The SMILES string of the molecule is CCCCc1nc(Cl)c(COC(=O)[C@@H](CCC(N)=O)NC)n1Cc1ccc(-c2ccccc2-c2nn[nH]n2)cc1. The molecule has 4 N–H and O–H groups in total. The van der Waals surface area contributed by atoms with Crippen molar-refractivity contribution >= 4 is 23.5 Å². The summed E-state index contributed by atoms with van der Waals surface area (Å²) in [6, 6.07) is 15.4. The number of carbonyl (C=O) groups excluding carboxylic acids is 2. The van der Waals surface area contributed by atoms with E-state index in [1.54, 1.807) is 7.05 Å². The first-order valence-electron chi connectivity index (χ1n) is 13.2. The van der Waals surface area contributed by atoms with E-state index >= 15 is 0 Å². The number of tetrazole rings is 1. The maximum atomic E-state index is 12.7. The summed E-state index contributed by atoms with van der Waals surface area (Å²) in [7, 11) is 1.64. The Balaban J connectivity index is 1.55. The number of primary amides is 1. The highest BCUT2D eigenvalue weighted by atomic mass is 35.5. The highest BCUT2D eigenvalue weighted by Crippen LogP contribution is 2.30. The van der Waals surface area contributed by atoms with Gasteiger partial charge in [0.25, 0.3) is 0 Å². The summed E-state index contributed by atoms with van der Waals surface area (Å²) in [5.41, 5.74) is 9.78. The van der Waals surface area contributed by atoms with E-state index in [4.69, 9.17) is 22.1 Å². The topological polar surface area (TPSA) is 154 Å². The number of hydrogen-bond donors (Lipinski definition) is 3. The molecule has 4 rings (SSSR count). The van der Waals surface area contributed by atoms with E-state index < -0.39 is 17.9 Å². The normalized spacial score (nSPS) is 11.9. The summed E-state index contributed by atoms with van der Waals surface area (Å²) >= 11 is 6.55. The van der Waals surface area contributed by atoms with Gasteiger partial charge in [-0.05, 0) is 41.8 Å². The van der Waals surface area contributed by atoms with Crippen molar-refractivity contribution in [2.75, 3.05) is 7.05 Å². The third-order valence-electron chi connectivity index (χ3n) is 6.64. The first-order valence-corrected chi connectivity index (χ1v) is 13.6. The average Bonchev–Trinajstić information content (AvgIpc) is 3.59. The van der Waals surface area contributed by atoms with Gasteiger partial charge in [-0.15, -0.1) is 10.2 Å². The number of amides is 1. The minimum Gasteiger partial charge on any atom is -0.458 e. The average molecular weight is 565 g/mol. The molecular weight excluding hydrogens is 532 g/mol. The lowest BCUT2D eigenvalue weighted by atomic mass is 9.98. The van der Waals surface area contributed by atoms with Gasteiger partial charge in [-0.1, -0.05) is 73.5 Å². The number of nitrogens with two attached hydrogens (primary N) is 1. The van der Waals surface area contributed by atoms with Crippen LogP contribution in [-0.2, 0) is 33.9 Å². The van der Waals surface area contributed by atoms with Crippen molar-refractivity contribution in [3.8, 4) is 22.5 Å². The fourth-order valence-corrected chi connectivity index (χ4v) is 4.69. The second-order valence-electron chi connectivity index (χ2n) is 9.39. The number of nitrogens with one attached hydrogen (secondary N) is 2. The highest BCUT2D eigenvalue weighted by molar-refractivity contribution is 6.30. The molecule has 40 heavy (non-hydrogen) atoms. The molecule has 11 nitrogen and oxygen atoms in total. The molecule has 0 unspecified atom stereocenters. The number of aromatic amines is 1. The molecule has 0 bridgehead atoms. The number of H-pyrrole nitrogens is 1. The van der Waals surface area contributed by atoms with Gasteiger partial charge in [-0.2, -0.15) is 5.21 Å². The number of ether oxygens (including phenoxy) is 1. The van der Waals surface area contributed by atoms with Gasteiger partial charge in [0.2, 0.25) is 11.7 Å². The van der Waals surface area contributed by atoms with Gasteiger partial charge in [-0.25, -0.2) is 4.98 Å². The van der Waals surface area contributed by atoms with Crippen LogP contribution in [0, 0.1) is 0 Å². The summed E-state index contributed by atoms with van der Waals surface area (Å²) in [4.78, 5) is 28.4. The van der Waals surface area contributed by atoms with Gasteiger partial charge in [0.1, 0.15) is 18.5 Å². The van der Waals surface area contributed by atoms with E-state index in [-0.39, 0.29) is 19.4 Å². The number of unbranched alkanes of at least 4 members (excludes halogenated alkanes) is 1. The third-order valence-corrected chi connectivity index (χ3v) is 6.94. The maximum Gasteiger partial charge on any atom is 0.323 e. The van der Waals surface area contributed by atoms with Crippen LogP contribution in [0.2, 0.25) is 5.15 Å². The largest absolute Gasteiger partial charge is 0.458 e. The minimum absolute atomic E-state index is 0.0400. The standard InChI is InChI=1S/C28H33ClN8O3/c1-3-4-9-25-32-26(29)23(17-40-28(39)22(31-2)14-15-24(30)38)37(25)16-18-10-12-19(13-11-18)20-7-5-6-8-21(20)27-33-35-36-34-27/h5-8,10-13,22,31H,3-4,9,14-17H2,1-2H3,(H2,30,38)(H,33,34,35,36)/t22-/m1/s1. The zero-order valence-electron chi connectivity index (χ0n) is 22.6. The summed E-state index contributed by atoms with van der Waals surface area (Å²) in [6.45, 7) is 2.59. The number of aromatic nitrogens is 6. The van der Waals surface area contributed by atoms with Crippen LogP contribution >= 0.6 is 11.6 Å². The van der Waals surface area contributed by atoms with E-state index in [0.29, 0.717) is 23.2 Å². The number of likely N-dealkylation sites (N-methyl/N-ethyl adjacent to an activating group) is 1. The molecule has 2 heterocycles. The van der Waals surface area contributed by atoms with Crippen LogP contribution in [-0.4, -0.2) is 55.1 Å². The van der Waals surface area contributed by atoms with Crippen molar-refractivity contribution in [2.45, 2.75) is 58.2 Å². The molecule has 210 valence electrons. The Hall–Kier alpha value is -4.09. The molecule has 0 fully saturated rings. The number of carbonyl (C=O) groups is 2. The Labute approximate surface area is 237 Å². The van der Waals surface area contributed by atoms with Gasteiger partial charge >= 0.3 is 5.97 Å². The summed E-state index contributed by atoms with van der Waals surface area (Å²) in [5.74, 6) is 0.414. The van der Waals surface area contributed by atoms with Gasteiger partial charge < -0.3 is 20.4 Å². The van der Waals surface area contributed by atoms with Crippen molar-refractivity contribution in [1.29, 1.82) is 0 Å². The molecule has 12 heteroatoms. The van der Waals surface area contributed by atoms with Crippen molar-refractivity contribution < 1.29 is 14.3 Å². The number of esters is 1. The third kappa shape index (κ3) is 7.10. The Kier molecular flexibility index (Phi) is 9.98. The Morgan fingerprint density at radius 1 is 1.15 bits per heavy atom. The van der Waals surface area contributed by atoms with Crippen LogP contribution in [0.5, 0.6) is 0 Å². The second-order valence-corrected chi connectivity index (χ2v) is 9.75. The smallest absolute Gasteiger partial charge is 0.323 e. The van der Waals surface area contributed by atoms with E-state index in [1.165, 1.54) is 0 Å². The molecule has 1 atom stereocenters. The number of rotatable bonds is 14. The first kappa shape index (κ1) is 28.9. The molecule has 0 aliphatic carbocycles. The van der Waals surface area contributed by atoms with E-state index in [9.17, 15) is 9.59 Å². The molecule has 0 aliphatic heterocycles. The van der Waals surface area contributed by atoms with Gasteiger partial charge in [0.05, 0.1) is 5.69 Å². The van der Waals surface area contributed by atoms with E-state index in [2.05, 4.69) is 62.1 Å². The van der Waals surface area contributed by atoms with Gasteiger partial charge in [0, 0.05) is 24.9 Å².